The van der Waals surface area contributed by atoms with Crippen LogP contribution in [0, 0.1) is 0 Å². The first-order chi connectivity index (χ1) is 9.20. The van der Waals surface area contributed by atoms with Crippen molar-refractivity contribution in [3.63, 3.8) is 0 Å². The minimum Gasteiger partial charge on any atom is -0.382 e. The third-order valence-electron chi connectivity index (χ3n) is 3.31. The number of carbonyl (C=O) groups excluding carboxylic acids is 1. The predicted molar refractivity (Wildman–Crippen MR) is 76.5 cm³/mol. The summed E-state index contributed by atoms with van der Waals surface area (Å²) < 4.78 is 5.21. The number of nitrogens with one attached hydrogen (secondary N) is 1. The molecule has 0 aliphatic heterocycles. The largest absolute Gasteiger partial charge is 0.382 e. The van der Waals surface area contributed by atoms with Crippen molar-refractivity contribution in [1.82, 2.24) is 5.32 Å². The van der Waals surface area contributed by atoms with Crippen molar-refractivity contribution < 1.29 is 9.53 Å². The molecule has 1 amide bonds. The highest BCUT2D eigenvalue weighted by atomic mass is 35.5. The van der Waals surface area contributed by atoms with E-state index in [0.717, 1.165) is 17.9 Å². The van der Waals surface area contributed by atoms with Gasteiger partial charge in [-0.2, -0.15) is 0 Å². The third kappa shape index (κ3) is 4.51. The lowest BCUT2D eigenvalue weighted by Crippen LogP contribution is -2.26. The number of hydrogen-bond donors (Lipinski definition) is 1. The Balaban J connectivity index is 1.70. The summed E-state index contributed by atoms with van der Waals surface area (Å²) in [6.45, 7) is 3.33. The first-order valence-electron chi connectivity index (χ1n) is 6.83. The van der Waals surface area contributed by atoms with Crippen LogP contribution in [0.3, 0.4) is 0 Å². The van der Waals surface area contributed by atoms with E-state index in [1.165, 1.54) is 5.56 Å². The van der Waals surface area contributed by atoms with E-state index in [4.69, 9.17) is 16.3 Å². The van der Waals surface area contributed by atoms with Gasteiger partial charge in [-0.25, -0.2) is 0 Å². The first-order valence-corrected chi connectivity index (χ1v) is 7.21. The Morgan fingerprint density at radius 3 is 3.11 bits per heavy atom. The Morgan fingerprint density at radius 1 is 1.53 bits per heavy atom. The van der Waals surface area contributed by atoms with E-state index in [1.54, 1.807) is 0 Å². The molecule has 1 aromatic carbocycles. The molecular formula is C15H20ClNO2. The molecule has 2 atom stereocenters. The van der Waals surface area contributed by atoms with Gasteiger partial charge in [0.25, 0.3) is 0 Å². The fourth-order valence-electron chi connectivity index (χ4n) is 2.22. The molecule has 0 heterocycles. The van der Waals surface area contributed by atoms with Gasteiger partial charge < -0.3 is 10.1 Å². The Hall–Kier alpha value is -1.06. The Kier molecular flexibility index (Phi) is 5.23. The molecule has 1 aromatic rings. The molecule has 0 unspecified atom stereocenters. The molecule has 4 heteroatoms. The molecular weight excluding hydrogens is 262 g/mol. The molecule has 0 aromatic heterocycles. The molecule has 0 bridgehead atoms. The van der Waals surface area contributed by atoms with Crippen LogP contribution in [0.1, 0.15) is 37.7 Å². The van der Waals surface area contributed by atoms with E-state index in [9.17, 15) is 4.79 Å². The molecule has 3 nitrogen and oxygen atoms in total. The summed E-state index contributed by atoms with van der Waals surface area (Å²) in [5.41, 5.74) is 1.21. The minimum atomic E-state index is 0.120. The van der Waals surface area contributed by atoms with Crippen LogP contribution in [0.25, 0.3) is 0 Å². The second kappa shape index (κ2) is 6.92. The van der Waals surface area contributed by atoms with Crippen LogP contribution >= 0.6 is 11.6 Å². The zero-order chi connectivity index (χ0) is 13.7. The Labute approximate surface area is 119 Å². The van der Waals surface area contributed by atoms with Crippen LogP contribution in [-0.2, 0) is 9.53 Å². The molecule has 104 valence electrons. The molecule has 1 aliphatic carbocycles. The van der Waals surface area contributed by atoms with Crippen LogP contribution in [0.2, 0.25) is 5.02 Å². The van der Waals surface area contributed by atoms with Gasteiger partial charge in [-0.05, 0) is 37.5 Å². The lowest BCUT2D eigenvalue weighted by Gasteiger charge is -2.05. The number of halogens is 1. The van der Waals surface area contributed by atoms with Crippen LogP contribution in [0.4, 0.5) is 0 Å². The standard InChI is InChI=1S/C15H20ClNO2/c1-2-19-8-4-7-15(18)17-14-10-13(14)11-5-3-6-12(16)9-11/h3,5-6,9,13-14H,2,4,7-8,10H2,1H3,(H,17,18)/t13-,14-/m1/s1. The molecule has 0 spiro atoms. The van der Waals surface area contributed by atoms with Crippen molar-refractivity contribution in [3.8, 4) is 0 Å². The van der Waals surface area contributed by atoms with Crippen LogP contribution in [0.5, 0.6) is 0 Å². The zero-order valence-corrected chi connectivity index (χ0v) is 12.0. The SMILES string of the molecule is CCOCCCC(=O)N[C@@H]1C[C@@H]1c1cccc(Cl)c1. The van der Waals surface area contributed by atoms with Crippen molar-refractivity contribution in [3.05, 3.63) is 34.9 Å². The number of ether oxygens (including phenoxy) is 1. The summed E-state index contributed by atoms with van der Waals surface area (Å²) >= 11 is 5.97. The minimum absolute atomic E-state index is 0.120. The maximum atomic E-state index is 11.7. The van der Waals surface area contributed by atoms with Gasteiger partial charge in [0, 0.05) is 36.6 Å². The maximum Gasteiger partial charge on any atom is 0.220 e. The van der Waals surface area contributed by atoms with Crippen molar-refractivity contribution in [2.45, 2.75) is 38.1 Å². The van der Waals surface area contributed by atoms with Gasteiger partial charge in [0.15, 0.2) is 0 Å². The number of amides is 1. The highest BCUT2D eigenvalue weighted by Crippen LogP contribution is 2.41. The molecule has 1 N–H and O–H groups in total. The fraction of sp³-hybridized carbons (Fsp3) is 0.533. The number of rotatable bonds is 7. The molecule has 0 radical (unpaired) electrons. The Morgan fingerprint density at radius 2 is 2.37 bits per heavy atom. The average Bonchev–Trinajstić information content (AvgIpc) is 3.14. The molecule has 1 fully saturated rings. The van der Waals surface area contributed by atoms with Gasteiger partial charge in [-0.3, -0.25) is 4.79 Å². The third-order valence-corrected chi connectivity index (χ3v) is 3.55. The number of hydrogen-bond acceptors (Lipinski definition) is 2. The van der Waals surface area contributed by atoms with E-state index in [2.05, 4.69) is 11.4 Å². The van der Waals surface area contributed by atoms with Crippen molar-refractivity contribution in [2.24, 2.45) is 0 Å². The van der Waals surface area contributed by atoms with E-state index in [-0.39, 0.29) is 11.9 Å². The van der Waals surface area contributed by atoms with E-state index >= 15 is 0 Å². The predicted octanol–water partition coefficient (Wildman–Crippen LogP) is 3.13. The maximum absolute atomic E-state index is 11.7. The molecule has 1 aliphatic rings. The normalized spacial score (nSPS) is 21.2. The zero-order valence-electron chi connectivity index (χ0n) is 11.2. The second-order valence-corrected chi connectivity index (χ2v) is 5.31. The number of benzene rings is 1. The highest BCUT2D eigenvalue weighted by molar-refractivity contribution is 6.30. The summed E-state index contributed by atoms with van der Waals surface area (Å²) in [7, 11) is 0. The molecule has 1 saturated carbocycles. The second-order valence-electron chi connectivity index (χ2n) is 4.87. The van der Waals surface area contributed by atoms with E-state index < -0.39 is 0 Å². The molecule has 0 saturated heterocycles. The van der Waals surface area contributed by atoms with Gasteiger partial charge >= 0.3 is 0 Å². The van der Waals surface area contributed by atoms with Gasteiger partial charge in [0.1, 0.15) is 0 Å². The lowest BCUT2D eigenvalue weighted by atomic mass is 10.1. The Bertz CT molecular complexity index is 436. The van der Waals surface area contributed by atoms with Crippen LogP contribution in [0.15, 0.2) is 24.3 Å². The van der Waals surface area contributed by atoms with Crippen molar-refractivity contribution in [2.75, 3.05) is 13.2 Å². The first kappa shape index (κ1) is 14.4. The van der Waals surface area contributed by atoms with Crippen LogP contribution in [-0.4, -0.2) is 25.2 Å². The molecule has 19 heavy (non-hydrogen) atoms. The summed E-state index contributed by atoms with van der Waals surface area (Å²) in [6.07, 6.45) is 2.34. The van der Waals surface area contributed by atoms with Gasteiger partial charge in [-0.1, -0.05) is 23.7 Å². The van der Waals surface area contributed by atoms with Gasteiger partial charge in [0.05, 0.1) is 0 Å². The summed E-state index contributed by atoms with van der Waals surface area (Å²) in [4.78, 5) is 11.7. The summed E-state index contributed by atoms with van der Waals surface area (Å²) in [6, 6.07) is 8.15. The topological polar surface area (TPSA) is 38.3 Å². The quantitative estimate of drug-likeness (QED) is 0.780. The number of carbonyl (C=O) groups is 1. The molecule has 2 rings (SSSR count). The van der Waals surface area contributed by atoms with Crippen molar-refractivity contribution >= 4 is 17.5 Å². The summed E-state index contributed by atoms with van der Waals surface area (Å²) in [5, 5.41) is 3.82. The van der Waals surface area contributed by atoms with Crippen molar-refractivity contribution in [1.29, 1.82) is 0 Å². The average molecular weight is 282 g/mol. The smallest absolute Gasteiger partial charge is 0.220 e. The summed E-state index contributed by atoms with van der Waals surface area (Å²) in [5.74, 6) is 0.545. The highest BCUT2D eigenvalue weighted by Gasteiger charge is 2.39. The van der Waals surface area contributed by atoms with Crippen LogP contribution < -0.4 is 5.32 Å². The van der Waals surface area contributed by atoms with Gasteiger partial charge in [0.2, 0.25) is 5.91 Å². The van der Waals surface area contributed by atoms with E-state index in [1.807, 2.05) is 25.1 Å². The fourth-order valence-corrected chi connectivity index (χ4v) is 2.42. The van der Waals surface area contributed by atoms with E-state index in [0.29, 0.717) is 25.6 Å². The monoisotopic (exact) mass is 281 g/mol. The van der Waals surface area contributed by atoms with Gasteiger partial charge in [-0.15, -0.1) is 0 Å². The lowest BCUT2D eigenvalue weighted by molar-refractivity contribution is -0.121.